The van der Waals surface area contributed by atoms with Gasteiger partial charge in [0.2, 0.25) is 0 Å². The van der Waals surface area contributed by atoms with Crippen LogP contribution in [0.25, 0.3) is 0 Å². The molecule has 98 valence electrons. The van der Waals surface area contributed by atoms with Crippen LogP contribution in [0.2, 0.25) is 0 Å². The highest BCUT2D eigenvalue weighted by atomic mass is 16.5. The number of hydrogen-bond donors (Lipinski definition) is 0. The number of ketones is 1. The summed E-state index contributed by atoms with van der Waals surface area (Å²) in [7, 11) is 0. The summed E-state index contributed by atoms with van der Waals surface area (Å²) in [5.41, 5.74) is 3.10. The lowest BCUT2D eigenvalue weighted by atomic mass is 10.00. The molecule has 1 aromatic carbocycles. The maximum atomic E-state index is 11.3. The molecule has 0 aliphatic heterocycles. The molecule has 0 fully saturated rings. The van der Waals surface area contributed by atoms with E-state index in [4.69, 9.17) is 4.74 Å². The van der Waals surface area contributed by atoms with Crippen LogP contribution in [-0.4, -0.2) is 18.4 Å². The van der Waals surface area contributed by atoms with Gasteiger partial charge in [-0.1, -0.05) is 36.4 Å². The molecule has 0 bridgehead atoms. The molecule has 0 N–H and O–H groups in total. The van der Waals surface area contributed by atoms with Crippen molar-refractivity contribution < 1.29 is 14.3 Å². The minimum absolute atomic E-state index is 0.100. The average Bonchev–Trinajstić information content (AvgIpc) is 2.82. The summed E-state index contributed by atoms with van der Waals surface area (Å²) < 4.78 is 5.08. The Morgan fingerprint density at radius 1 is 1.21 bits per heavy atom. The van der Waals surface area contributed by atoms with Crippen LogP contribution in [0.1, 0.15) is 18.9 Å². The maximum Gasteiger partial charge on any atom is 0.302 e. The first-order valence-corrected chi connectivity index (χ1v) is 6.24. The number of allylic oxidation sites excluding steroid dienone is 3. The molecule has 0 atom stereocenters. The largest absolute Gasteiger partial charge is 0.461 e. The van der Waals surface area contributed by atoms with Gasteiger partial charge in [-0.2, -0.15) is 0 Å². The fourth-order valence-electron chi connectivity index (χ4n) is 2.03. The lowest BCUT2D eigenvalue weighted by Gasteiger charge is -2.11. The van der Waals surface area contributed by atoms with Crippen molar-refractivity contribution in [2.24, 2.45) is 0 Å². The highest BCUT2D eigenvalue weighted by molar-refractivity contribution is 5.96. The molecule has 0 heterocycles. The number of esters is 1. The van der Waals surface area contributed by atoms with E-state index in [0.29, 0.717) is 12.8 Å². The SMILES string of the molecule is CC(=O)OC/C(Cc1ccccc1)=C1/C=CC(=O)C1. The van der Waals surface area contributed by atoms with Crippen LogP contribution >= 0.6 is 0 Å². The molecular formula is C16H16O3. The Labute approximate surface area is 112 Å². The summed E-state index contributed by atoms with van der Waals surface area (Å²) >= 11 is 0. The Morgan fingerprint density at radius 3 is 2.53 bits per heavy atom. The van der Waals surface area contributed by atoms with Crippen LogP contribution in [0.3, 0.4) is 0 Å². The topological polar surface area (TPSA) is 43.4 Å². The standard InChI is InChI=1S/C16H16O3/c1-12(17)19-11-15(14-7-8-16(18)10-14)9-13-5-3-2-4-6-13/h2-8H,9-11H2,1H3/b15-14-. The molecule has 0 unspecified atom stereocenters. The first kappa shape index (κ1) is 13.3. The second-order valence-corrected chi connectivity index (χ2v) is 4.55. The summed E-state index contributed by atoms with van der Waals surface area (Å²) in [6.45, 7) is 1.64. The van der Waals surface area contributed by atoms with Crippen LogP contribution in [0.4, 0.5) is 0 Å². The van der Waals surface area contributed by atoms with Gasteiger partial charge in [0.25, 0.3) is 0 Å². The lowest BCUT2D eigenvalue weighted by molar-refractivity contribution is -0.140. The number of benzene rings is 1. The molecular weight excluding hydrogens is 240 g/mol. The van der Waals surface area contributed by atoms with Crippen molar-refractivity contribution in [3.63, 3.8) is 0 Å². The van der Waals surface area contributed by atoms with Crippen molar-refractivity contribution in [3.8, 4) is 0 Å². The Hall–Kier alpha value is -2.16. The number of ether oxygens (including phenoxy) is 1. The molecule has 0 saturated carbocycles. The summed E-state index contributed by atoms with van der Waals surface area (Å²) in [6, 6.07) is 9.95. The minimum atomic E-state index is -0.306. The van der Waals surface area contributed by atoms with E-state index in [0.717, 1.165) is 16.7 Å². The van der Waals surface area contributed by atoms with E-state index in [9.17, 15) is 9.59 Å². The molecule has 0 radical (unpaired) electrons. The highest BCUT2D eigenvalue weighted by Gasteiger charge is 2.14. The number of carbonyl (C=O) groups excluding carboxylic acids is 2. The number of carbonyl (C=O) groups is 2. The van der Waals surface area contributed by atoms with E-state index >= 15 is 0 Å². The van der Waals surface area contributed by atoms with Gasteiger partial charge in [0.1, 0.15) is 6.61 Å². The van der Waals surface area contributed by atoms with Gasteiger partial charge in [0.15, 0.2) is 5.78 Å². The zero-order chi connectivity index (χ0) is 13.7. The van der Waals surface area contributed by atoms with E-state index in [1.54, 1.807) is 6.08 Å². The van der Waals surface area contributed by atoms with Crippen molar-refractivity contribution in [3.05, 3.63) is 59.2 Å². The Morgan fingerprint density at radius 2 is 1.95 bits per heavy atom. The lowest BCUT2D eigenvalue weighted by Crippen LogP contribution is -2.07. The quantitative estimate of drug-likeness (QED) is 0.778. The predicted molar refractivity (Wildman–Crippen MR) is 72.6 cm³/mol. The normalized spacial score (nSPS) is 16.6. The fraction of sp³-hybridized carbons (Fsp3) is 0.250. The van der Waals surface area contributed by atoms with Crippen LogP contribution < -0.4 is 0 Å². The minimum Gasteiger partial charge on any atom is -0.461 e. The van der Waals surface area contributed by atoms with Crippen molar-refractivity contribution in [1.29, 1.82) is 0 Å². The predicted octanol–water partition coefficient (Wildman–Crippen LogP) is 2.62. The third-order valence-corrected chi connectivity index (χ3v) is 3.00. The molecule has 0 aromatic heterocycles. The maximum absolute atomic E-state index is 11.3. The van der Waals surface area contributed by atoms with Crippen LogP contribution in [0, 0.1) is 0 Å². The van der Waals surface area contributed by atoms with Gasteiger partial charge in [-0.3, -0.25) is 9.59 Å². The average molecular weight is 256 g/mol. The van der Waals surface area contributed by atoms with Crippen molar-refractivity contribution in [2.75, 3.05) is 6.61 Å². The molecule has 2 rings (SSSR count). The van der Waals surface area contributed by atoms with Gasteiger partial charge in [0, 0.05) is 13.3 Å². The Balaban J connectivity index is 2.17. The zero-order valence-corrected chi connectivity index (χ0v) is 10.9. The Kier molecular flexibility index (Phi) is 4.29. The van der Waals surface area contributed by atoms with Crippen LogP contribution in [-0.2, 0) is 20.7 Å². The van der Waals surface area contributed by atoms with Gasteiger partial charge in [-0.05, 0) is 29.2 Å². The molecule has 0 amide bonds. The van der Waals surface area contributed by atoms with E-state index in [-0.39, 0.29) is 18.4 Å². The van der Waals surface area contributed by atoms with Crippen LogP contribution in [0.15, 0.2) is 53.6 Å². The van der Waals surface area contributed by atoms with Gasteiger partial charge in [0.05, 0.1) is 0 Å². The summed E-state index contributed by atoms with van der Waals surface area (Å²) in [4.78, 5) is 22.3. The van der Waals surface area contributed by atoms with Crippen molar-refractivity contribution in [1.82, 2.24) is 0 Å². The first-order valence-electron chi connectivity index (χ1n) is 6.24. The zero-order valence-electron chi connectivity index (χ0n) is 10.9. The van der Waals surface area contributed by atoms with E-state index in [2.05, 4.69) is 0 Å². The Bertz CT molecular complexity index is 538. The number of hydrogen-bond acceptors (Lipinski definition) is 3. The second kappa shape index (κ2) is 6.14. The number of rotatable bonds is 4. The third-order valence-electron chi connectivity index (χ3n) is 3.00. The van der Waals surface area contributed by atoms with Crippen molar-refractivity contribution >= 4 is 11.8 Å². The fourth-order valence-corrected chi connectivity index (χ4v) is 2.03. The highest BCUT2D eigenvalue weighted by Crippen LogP contribution is 2.21. The molecule has 1 aliphatic rings. The van der Waals surface area contributed by atoms with E-state index in [1.807, 2.05) is 36.4 Å². The van der Waals surface area contributed by atoms with Gasteiger partial charge in [-0.15, -0.1) is 0 Å². The molecule has 1 aromatic rings. The molecule has 0 spiro atoms. The van der Waals surface area contributed by atoms with Gasteiger partial charge >= 0.3 is 5.97 Å². The molecule has 3 heteroatoms. The van der Waals surface area contributed by atoms with E-state index in [1.165, 1.54) is 6.92 Å². The monoisotopic (exact) mass is 256 g/mol. The molecule has 19 heavy (non-hydrogen) atoms. The van der Waals surface area contributed by atoms with Gasteiger partial charge in [-0.25, -0.2) is 0 Å². The first-order chi connectivity index (χ1) is 9.15. The molecule has 0 saturated heterocycles. The smallest absolute Gasteiger partial charge is 0.302 e. The van der Waals surface area contributed by atoms with Crippen LogP contribution in [0.5, 0.6) is 0 Å². The molecule has 3 nitrogen and oxygen atoms in total. The van der Waals surface area contributed by atoms with E-state index < -0.39 is 0 Å². The summed E-state index contributed by atoms with van der Waals surface area (Å²) in [5, 5.41) is 0. The summed E-state index contributed by atoms with van der Waals surface area (Å²) in [6.07, 6.45) is 4.50. The third kappa shape index (κ3) is 3.91. The summed E-state index contributed by atoms with van der Waals surface area (Å²) in [5.74, 6) is -0.206. The van der Waals surface area contributed by atoms with Crippen molar-refractivity contribution in [2.45, 2.75) is 19.8 Å². The van der Waals surface area contributed by atoms with Gasteiger partial charge < -0.3 is 4.74 Å². The second-order valence-electron chi connectivity index (χ2n) is 4.55. The molecule has 1 aliphatic carbocycles.